The Kier molecular flexibility index (Phi) is 3.22. The molecule has 1 unspecified atom stereocenters. The topological polar surface area (TPSA) is 33.1 Å². The number of rotatable bonds is 2. The van der Waals surface area contributed by atoms with E-state index in [2.05, 4.69) is 4.98 Å². The second-order valence-electron chi connectivity index (χ2n) is 3.76. The summed E-state index contributed by atoms with van der Waals surface area (Å²) in [5, 5.41) is 9.99. The minimum absolute atomic E-state index is 0.518. The summed E-state index contributed by atoms with van der Waals surface area (Å²) in [7, 11) is 0. The monoisotopic (exact) mass is 255 g/mol. The zero-order valence-electron chi connectivity index (χ0n) is 9.37. The van der Waals surface area contributed by atoms with Crippen molar-refractivity contribution in [2.45, 2.75) is 20.0 Å². The fourth-order valence-corrected chi connectivity index (χ4v) is 2.39. The van der Waals surface area contributed by atoms with Crippen LogP contribution in [0.15, 0.2) is 18.2 Å². The van der Waals surface area contributed by atoms with E-state index in [1.807, 2.05) is 6.92 Å². The van der Waals surface area contributed by atoms with Crippen LogP contribution in [0.1, 0.15) is 22.9 Å². The highest BCUT2D eigenvalue weighted by Crippen LogP contribution is 2.30. The van der Waals surface area contributed by atoms with Crippen LogP contribution in [0.25, 0.3) is 11.3 Å². The van der Waals surface area contributed by atoms with Gasteiger partial charge in [-0.15, -0.1) is 11.3 Å². The van der Waals surface area contributed by atoms with Crippen molar-refractivity contribution in [3.05, 3.63) is 39.7 Å². The van der Waals surface area contributed by atoms with E-state index in [1.165, 1.54) is 17.4 Å². The predicted octanol–water partition coefficient (Wildman–Crippen LogP) is 3.45. The van der Waals surface area contributed by atoms with Gasteiger partial charge in [0.1, 0.15) is 11.1 Å². The SMILES string of the molecule is Cc1sc(C(C)O)nc1-c1ccc(F)c(F)c1. The maximum Gasteiger partial charge on any atom is 0.159 e. The fraction of sp³-hybridized carbons (Fsp3) is 0.250. The molecule has 1 aromatic carbocycles. The zero-order valence-corrected chi connectivity index (χ0v) is 10.2. The smallest absolute Gasteiger partial charge is 0.159 e. The molecule has 0 aliphatic rings. The number of aromatic nitrogens is 1. The summed E-state index contributed by atoms with van der Waals surface area (Å²) in [5.74, 6) is -1.77. The number of benzene rings is 1. The standard InChI is InChI=1S/C12H11F2NOS/c1-6(16)12-15-11(7(2)17-12)8-3-4-9(13)10(14)5-8/h3-6,16H,1-2H3. The summed E-state index contributed by atoms with van der Waals surface area (Å²) >= 11 is 1.35. The first-order valence-corrected chi connectivity index (χ1v) is 5.91. The Bertz CT molecular complexity index is 551. The van der Waals surface area contributed by atoms with Gasteiger partial charge in [0.2, 0.25) is 0 Å². The van der Waals surface area contributed by atoms with Crippen LogP contribution in [0.3, 0.4) is 0 Å². The van der Waals surface area contributed by atoms with Gasteiger partial charge in [0, 0.05) is 10.4 Å². The van der Waals surface area contributed by atoms with Crippen molar-refractivity contribution in [1.82, 2.24) is 4.98 Å². The molecule has 0 bridgehead atoms. The normalized spacial score (nSPS) is 12.8. The third-order valence-electron chi connectivity index (χ3n) is 2.36. The largest absolute Gasteiger partial charge is 0.386 e. The molecular formula is C12H11F2NOS. The van der Waals surface area contributed by atoms with E-state index in [1.54, 1.807) is 6.92 Å². The van der Waals surface area contributed by atoms with Crippen molar-refractivity contribution in [2.75, 3.05) is 0 Å². The molecule has 0 spiro atoms. The van der Waals surface area contributed by atoms with Crippen LogP contribution in [0, 0.1) is 18.6 Å². The Hall–Kier alpha value is -1.33. The molecule has 0 aliphatic heterocycles. The summed E-state index contributed by atoms with van der Waals surface area (Å²) in [5.41, 5.74) is 1.11. The third-order valence-corrected chi connectivity index (χ3v) is 3.50. The van der Waals surface area contributed by atoms with Crippen LogP contribution < -0.4 is 0 Å². The summed E-state index contributed by atoms with van der Waals surface area (Å²) in [6.45, 7) is 3.45. The number of hydrogen-bond donors (Lipinski definition) is 1. The lowest BCUT2D eigenvalue weighted by Gasteiger charge is -2.00. The van der Waals surface area contributed by atoms with Gasteiger partial charge in [-0.25, -0.2) is 13.8 Å². The van der Waals surface area contributed by atoms with Crippen molar-refractivity contribution in [1.29, 1.82) is 0 Å². The Labute approximate surface area is 102 Å². The van der Waals surface area contributed by atoms with Crippen molar-refractivity contribution in [3.8, 4) is 11.3 Å². The highest BCUT2D eigenvalue weighted by molar-refractivity contribution is 7.12. The fourth-order valence-electron chi connectivity index (χ4n) is 1.51. The van der Waals surface area contributed by atoms with E-state index in [4.69, 9.17) is 0 Å². The first-order valence-electron chi connectivity index (χ1n) is 5.10. The lowest BCUT2D eigenvalue weighted by molar-refractivity contribution is 0.199. The maximum absolute atomic E-state index is 13.1. The number of aryl methyl sites for hydroxylation is 1. The number of thiazole rings is 1. The van der Waals surface area contributed by atoms with E-state index < -0.39 is 17.7 Å². The maximum atomic E-state index is 13.1. The van der Waals surface area contributed by atoms with Crippen LogP contribution >= 0.6 is 11.3 Å². The van der Waals surface area contributed by atoms with E-state index in [-0.39, 0.29) is 0 Å². The lowest BCUT2D eigenvalue weighted by atomic mass is 10.1. The van der Waals surface area contributed by atoms with Gasteiger partial charge in [0.15, 0.2) is 11.6 Å². The average Bonchev–Trinajstić information content (AvgIpc) is 2.65. The quantitative estimate of drug-likeness (QED) is 0.891. The summed E-state index contributed by atoms with van der Waals surface area (Å²) in [6, 6.07) is 3.67. The minimum Gasteiger partial charge on any atom is -0.386 e. The molecular weight excluding hydrogens is 244 g/mol. The first kappa shape index (κ1) is 12.1. The van der Waals surface area contributed by atoms with Crippen molar-refractivity contribution >= 4 is 11.3 Å². The number of hydrogen-bond acceptors (Lipinski definition) is 3. The molecule has 1 N–H and O–H groups in total. The van der Waals surface area contributed by atoms with E-state index >= 15 is 0 Å². The van der Waals surface area contributed by atoms with Crippen LogP contribution in [-0.4, -0.2) is 10.1 Å². The molecule has 0 fully saturated rings. The Morgan fingerprint density at radius 3 is 2.53 bits per heavy atom. The number of aliphatic hydroxyl groups is 1. The van der Waals surface area contributed by atoms with Gasteiger partial charge in [0.05, 0.1) is 5.69 Å². The molecule has 90 valence electrons. The molecule has 0 saturated heterocycles. The molecule has 1 aromatic heterocycles. The Balaban J connectivity index is 2.49. The molecule has 2 nitrogen and oxygen atoms in total. The second kappa shape index (κ2) is 4.50. The molecule has 0 aliphatic carbocycles. The molecule has 0 amide bonds. The van der Waals surface area contributed by atoms with Crippen molar-refractivity contribution in [3.63, 3.8) is 0 Å². The van der Waals surface area contributed by atoms with Gasteiger partial charge in [-0.1, -0.05) is 0 Å². The van der Waals surface area contributed by atoms with Crippen molar-refractivity contribution < 1.29 is 13.9 Å². The summed E-state index contributed by atoms with van der Waals surface area (Å²) in [4.78, 5) is 5.10. The first-order chi connectivity index (χ1) is 7.99. The molecule has 2 aromatic rings. The lowest BCUT2D eigenvalue weighted by Crippen LogP contribution is -1.90. The molecule has 1 heterocycles. The van der Waals surface area contributed by atoms with Gasteiger partial charge in [-0.05, 0) is 32.0 Å². The molecule has 0 saturated carbocycles. The van der Waals surface area contributed by atoms with Crippen LogP contribution in [0.5, 0.6) is 0 Å². The Morgan fingerprint density at radius 1 is 1.29 bits per heavy atom. The number of nitrogens with zero attached hydrogens (tertiary/aromatic N) is 1. The van der Waals surface area contributed by atoms with Gasteiger partial charge < -0.3 is 5.11 Å². The van der Waals surface area contributed by atoms with Gasteiger partial charge in [0.25, 0.3) is 0 Å². The third kappa shape index (κ3) is 2.35. The van der Waals surface area contributed by atoms with Crippen LogP contribution in [0.2, 0.25) is 0 Å². The summed E-state index contributed by atoms with van der Waals surface area (Å²) < 4.78 is 25.9. The van der Waals surface area contributed by atoms with Gasteiger partial charge in [-0.3, -0.25) is 0 Å². The van der Waals surface area contributed by atoms with Gasteiger partial charge >= 0.3 is 0 Å². The molecule has 1 atom stereocenters. The predicted molar refractivity (Wildman–Crippen MR) is 62.8 cm³/mol. The van der Waals surface area contributed by atoms with E-state index in [0.717, 1.165) is 17.0 Å². The van der Waals surface area contributed by atoms with E-state index in [9.17, 15) is 13.9 Å². The minimum atomic E-state index is -0.895. The average molecular weight is 255 g/mol. The number of aliphatic hydroxyl groups excluding tert-OH is 1. The second-order valence-corrected chi connectivity index (χ2v) is 5.00. The highest BCUT2D eigenvalue weighted by atomic mass is 32.1. The summed E-state index contributed by atoms with van der Waals surface area (Å²) in [6.07, 6.45) is -0.655. The Morgan fingerprint density at radius 2 is 2.00 bits per heavy atom. The molecule has 2 rings (SSSR count). The molecule has 0 radical (unpaired) electrons. The molecule has 17 heavy (non-hydrogen) atoms. The number of halogens is 2. The van der Waals surface area contributed by atoms with Crippen LogP contribution in [-0.2, 0) is 0 Å². The van der Waals surface area contributed by atoms with E-state index in [0.29, 0.717) is 16.3 Å². The highest BCUT2D eigenvalue weighted by Gasteiger charge is 2.14. The van der Waals surface area contributed by atoms with Crippen molar-refractivity contribution in [2.24, 2.45) is 0 Å². The molecule has 5 heteroatoms. The van der Waals surface area contributed by atoms with Crippen LogP contribution in [0.4, 0.5) is 8.78 Å². The zero-order chi connectivity index (χ0) is 12.6. The van der Waals surface area contributed by atoms with Gasteiger partial charge in [-0.2, -0.15) is 0 Å².